The van der Waals surface area contributed by atoms with E-state index in [2.05, 4.69) is 5.32 Å². The molecule has 1 N–H and O–H groups in total. The van der Waals surface area contributed by atoms with Crippen LogP contribution in [0.4, 0.5) is 0 Å². The fourth-order valence-corrected chi connectivity index (χ4v) is 4.53. The van der Waals surface area contributed by atoms with Crippen LogP contribution in [0, 0.1) is 5.92 Å². The van der Waals surface area contributed by atoms with Gasteiger partial charge >= 0.3 is 0 Å². The molecule has 1 heterocycles. The molecule has 1 amide bonds. The average Bonchev–Trinajstić information content (AvgIpc) is 2.76. The smallest absolute Gasteiger partial charge is 0.281 e. The number of rotatable bonds is 4. The number of amides is 1. The molecule has 1 aliphatic heterocycles. The van der Waals surface area contributed by atoms with Gasteiger partial charge in [0.15, 0.2) is 0 Å². The Labute approximate surface area is 134 Å². The number of hydrogen-bond acceptors (Lipinski definition) is 3. The normalized spacial score (nSPS) is 25.9. The van der Waals surface area contributed by atoms with Gasteiger partial charge in [-0.2, -0.15) is 17.0 Å². The van der Waals surface area contributed by atoms with Crippen molar-refractivity contribution in [2.45, 2.75) is 57.4 Å². The molecule has 22 heavy (non-hydrogen) atoms. The third-order valence-corrected chi connectivity index (χ3v) is 6.65. The van der Waals surface area contributed by atoms with E-state index in [1.807, 2.05) is 0 Å². The molecule has 1 saturated heterocycles. The van der Waals surface area contributed by atoms with Gasteiger partial charge in [0.25, 0.3) is 10.2 Å². The fraction of sp³-hybridized carbons (Fsp3) is 0.933. The minimum Gasteiger partial charge on any atom is -0.353 e. The van der Waals surface area contributed by atoms with Crippen LogP contribution in [-0.2, 0) is 15.0 Å². The van der Waals surface area contributed by atoms with Crippen LogP contribution in [0.25, 0.3) is 0 Å². The predicted octanol–water partition coefficient (Wildman–Crippen LogP) is 1.34. The van der Waals surface area contributed by atoms with E-state index in [1.54, 1.807) is 0 Å². The number of hydrogen-bond donors (Lipinski definition) is 1. The van der Waals surface area contributed by atoms with Crippen LogP contribution in [0.3, 0.4) is 0 Å². The van der Waals surface area contributed by atoms with E-state index in [1.165, 1.54) is 48.4 Å². The lowest BCUT2D eigenvalue weighted by atomic mass is 9.97. The maximum Gasteiger partial charge on any atom is 0.281 e. The van der Waals surface area contributed by atoms with E-state index >= 15 is 0 Å². The average molecular weight is 331 g/mol. The number of carbonyl (C=O) groups excluding carboxylic acids is 1. The Morgan fingerprint density at radius 2 is 1.68 bits per heavy atom. The molecular formula is C15H29N3O3S. The third kappa shape index (κ3) is 4.43. The summed E-state index contributed by atoms with van der Waals surface area (Å²) in [5.74, 6) is -0.183. The molecule has 128 valence electrons. The van der Waals surface area contributed by atoms with Crippen molar-refractivity contribution in [3.8, 4) is 0 Å². The molecule has 0 bridgehead atoms. The summed E-state index contributed by atoms with van der Waals surface area (Å²) in [6.07, 6.45) is 8.49. The topological polar surface area (TPSA) is 69.7 Å². The third-order valence-electron chi connectivity index (χ3n) is 4.74. The molecule has 0 spiro atoms. The largest absolute Gasteiger partial charge is 0.353 e. The van der Waals surface area contributed by atoms with Crippen molar-refractivity contribution < 1.29 is 13.2 Å². The Morgan fingerprint density at radius 3 is 2.27 bits per heavy atom. The van der Waals surface area contributed by atoms with Crippen LogP contribution in [0.15, 0.2) is 0 Å². The molecule has 0 radical (unpaired) electrons. The Balaban J connectivity index is 1.92. The van der Waals surface area contributed by atoms with Crippen molar-refractivity contribution in [3.63, 3.8) is 0 Å². The van der Waals surface area contributed by atoms with Gasteiger partial charge in [0.05, 0.1) is 5.92 Å². The summed E-state index contributed by atoms with van der Waals surface area (Å²) in [5.41, 5.74) is 0. The maximum atomic E-state index is 12.5. The molecule has 0 aromatic rings. The molecule has 0 aromatic heterocycles. The molecule has 2 aliphatic rings. The van der Waals surface area contributed by atoms with Crippen LogP contribution in [-0.4, -0.2) is 56.2 Å². The molecule has 1 unspecified atom stereocenters. The van der Waals surface area contributed by atoms with E-state index in [9.17, 15) is 13.2 Å². The molecule has 1 aliphatic carbocycles. The van der Waals surface area contributed by atoms with E-state index < -0.39 is 10.2 Å². The minimum absolute atomic E-state index is 0.0329. The Bertz CT molecular complexity index is 470. The predicted molar refractivity (Wildman–Crippen MR) is 86.5 cm³/mol. The van der Waals surface area contributed by atoms with Crippen molar-refractivity contribution in [2.75, 3.05) is 27.2 Å². The summed E-state index contributed by atoms with van der Waals surface area (Å²) >= 11 is 0. The summed E-state index contributed by atoms with van der Waals surface area (Å²) in [7, 11) is -0.354. The summed E-state index contributed by atoms with van der Waals surface area (Å²) in [6.45, 7) is 0.812. The number of piperidine rings is 1. The van der Waals surface area contributed by atoms with Crippen LogP contribution in [0.1, 0.15) is 51.4 Å². The van der Waals surface area contributed by atoms with Gasteiger partial charge in [-0.25, -0.2) is 0 Å². The van der Waals surface area contributed by atoms with Crippen molar-refractivity contribution in [2.24, 2.45) is 5.92 Å². The monoisotopic (exact) mass is 331 g/mol. The van der Waals surface area contributed by atoms with Crippen molar-refractivity contribution in [1.82, 2.24) is 13.9 Å². The van der Waals surface area contributed by atoms with Crippen LogP contribution >= 0.6 is 0 Å². The standard InChI is InChI=1S/C15H29N3O3S/c1-17(2)22(20,21)18-11-7-8-13(12-18)15(19)16-14-9-5-3-4-6-10-14/h13-14H,3-12H2,1-2H3,(H,16,19). The van der Waals surface area contributed by atoms with Crippen molar-refractivity contribution in [1.29, 1.82) is 0 Å². The maximum absolute atomic E-state index is 12.5. The van der Waals surface area contributed by atoms with Crippen LogP contribution in [0.5, 0.6) is 0 Å². The highest BCUT2D eigenvalue weighted by Gasteiger charge is 2.34. The van der Waals surface area contributed by atoms with Gasteiger partial charge in [0, 0.05) is 33.2 Å². The molecule has 2 fully saturated rings. The highest BCUT2D eigenvalue weighted by molar-refractivity contribution is 7.86. The first-order valence-corrected chi connectivity index (χ1v) is 9.79. The fourth-order valence-electron chi connectivity index (χ4n) is 3.34. The van der Waals surface area contributed by atoms with E-state index in [4.69, 9.17) is 0 Å². The molecule has 0 aromatic carbocycles. The van der Waals surface area contributed by atoms with Gasteiger partial charge in [-0.1, -0.05) is 25.7 Å². The lowest BCUT2D eigenvalue weighted by Crippen LogP contribution is -2.50. The van der Waals surface area contributed by atoms with E-state index in [0.29, 0.717) is 13.1 Å². The van der Waals surface area contributed by atoms with E-state index in [0.717, 1.165) is 25.7 Å². The summed E-state index contributed by atoms with van der Waals surface area (Å²) in [5, 5.41) is 3.16. The summed E-state index contributed by atoms with van der Waals surface area (Å²) in [4.78, 5) is 12.5. The number of carbonyl (C=O) groups is 1. The first kappa shape index (κ1) is 17.7. The van der Waals surface area contributed by atoms with Crippen LogP contribution in [0.2, 0.25) is 0 Å². The lowest BCUT2D eigenvalue weighted by molar-refractivity contribution is -0.126. The first-order chi connectivity index (χ1) is 10.4. The second-order valence-corrected chi connectivity index (χ2v) is 8.83. The quantitative estimate of drug-likeness (QED) is 0.791. The Hall–Kier alpha value is -0.660. The SMILES string of the molecule is CN(C)S(=O)(=O)N1CCCC(C(=O)NC2CCCCCC2)C1. The number of nitrogens with zero attached hydrogens (tertiary/aromatic N) is 2. The number of nitrogens with one attached hydrogen (secondary N) is 1. The second kappa shape index (κ2) is 7.75. The van der Waals surface area contributed by atoms with E-state index in [-0.39, 0.29) is 17.9 Å². The molecular weight excluding hydrogens is 302 g/mol. The summed E-state index contributed by atoms with van der Waals surface area (Å²) < 4.78 is 27.1. The highest BCUT2D eigenvalue weighted by Crippen LogP contribution is 2.22. The Morgan fingerprint density at radius 1 is 1.05 bits per heavy atom. The molecule has 7 heteroatoms. The zero-order valence-electron chi connectivity index (χ0n) is 13.8. The zero-order chi connectivity index (χ0) is 16.2. The van der Waals surface area contributed by atoms with Crippen LogP contribution < -0.4 is 5.32 Å². The van der Waals surface area contributed by atoms with Gasteiger partial charge in [0.2, 0.25) is 5.91 Å². The first-order valence-electron chi connectivity index (χ1n) is 8.39. The zero-order valence-corrected chi connectivity index (χ0v) is 14.6. The molecule has 6 nitrogen and oxygen atoms in total. The summed E-state index contributed by atoms with van der Waals surface area (Å²) in [6, 6.07) is 0.274. The second-order valence-electron chi connectivity index (χ2n) is 6.68. The Kier molecular flexibility index (Phi) is 6.23. The van der Waals surface area contributed by atoms with Crippen molar-refractivity contribution >= 4 is 16.1 Å². The highest BCUT2D eigenvalue weighted by atomic mass is 32.2. The van der Waals surface area contributed by atoms with Gasteiger partial charge in [-0.05, 0) is 25.7 Å². The molecule has 1 atom stereocenters. The van der Waals surface area contributed by atoms with Gasteiger partial charge < -0.3 is 5.32 Å². The molecule has 1 saturated carbocycles. The lowest BCUT2D eigenvalue weighted by Gasteiger charge is -2.33. The van der Waals surface area contributed by atoms with Gasteiger partial charge in [0.1, 0.15) is 0 Å². The van der Waals surface area contributed by atoms with Crippen molar-refractivity contribution in [3.05, 3.63) is 0 Å². The minimum atomic E-state index is -3.42. The van der Waals surface area contributed by atoms with Gasteiger partial charge in [-0.3, -0.25) is 4.79 Å². The molecule has 2 rings (SSSR count). The van der Waals surface area contributed by atoms with Gasteiger partial charge in [-0.15, -0.1) is 0 Å².